The van der Waals surface area contributed by atoms with Gasteiger partial charge in [0.25, 0.3) is 0 Å². The molecule has 0 heterocycles. The molecule has 0 spiro atoms. The minimum Gasteiger partial charge on any atom is -0.870 e. The molecule has 0 saturated heterocycles. The van der Waals surface area contributed by atoms with Crippen LogP contribution in [0.5, 0.6) is 0 Å². The van der Waals surface area contributed by atoms with Crippen LogP contribution in [0.1, 0.15) is 0 Å². The molecule has 72 valence electrons. The van der Waals surface area contributed by atoms with Gasteiger partial charge in [0.15, 0.2) is 0 Å². The van der Waals surface area contributed by atoms with Crippen molar-refractivity contribution in [1.82, 2.24) is 0 Å². The Morgan fingerprint density at radius 2 is 0.300 bits per heavy atom. The van der Waals surface area contributed by atoms with E-state index in [1.54, 1.807) is 0 Å². The summed E-state index contributed by atoms with van der Waals surface area (Å²) in [5, 5.41) is 0. The summed E-state index contributed by atoms with van der Waals surface area (Å²) in [6.07, 6.45) is 0. The summed E-state index contributed by atoms with van der Waals surface area (Å²) < 4.78 is 0. The maximum atomic E-state index is 0. The summed E-state index contributed by atoms with van der Waals surface area (Å²) in [4.78, 5) is 0. The largest absolute Gasteiger partial charge is 2.00 e. The molecule has 0 atom stereocenters. The van der Waals surface area contributed by atoms with Crippen molar-refractivity contribution in [3.05, 3.63) is 0 Å². The molecule has 17 N–H and O–H groups in total. The van der Waals surface area contributed by atoms with Gasteiger partial charge in [-0.15, -0.1) is 0 Å². The van der Waals surface area contributed by atoms with Crippen molar-refractivity contribution < 1.29 is 49.3 Å². The molecule has 0 rings (SSSR count). The van der Waals surface area contributed by atoms with E-state index in [2.05, 4.69) is 0 Å². The fourth-order valence-corrected chi connectivity index (χ4v) is 0. The normalized spacial score (nSPS) is 0. The molecule has 0 aromatic carbocycles. The van der Waals surface area contributed by atoms with Crippen molar-refractivity contribution in [2.24, 2.45) is 0 Å². The van der Waals surface area contributed by atoms with E-state index < -0.39 is 0 Å². The third-order valence-electron chi connectivity index (χ3n) is 0. The molecule has 0 bridgehead atoms. The zero-order chi connectivity index (χ0) is 0. The predicted octanol–water partition coefficient (Wildman–Crippen LogP) is -7.16. The first-order valence-electron chi connectivity index (χ1n) is 0. The molecule has 9 nitrogen and oxygen atoms in total. The Kier molecular flexibility index (Phi) is 47000. The quantitative estimate of drug-likeness (QED) is 0.386. The Labute approximate surface area is 97.3 Å². The SMILES string of the molecule is O.O.O.O.O.O.O.O.[Ba+2].[OH-]. The third kappa shape index (κ3) is 423. The Bertz CT molecular complexity index is 4.69. The molecule has 0 aromatic rings. The molecule has 0 aliphatic carbocycles. The van der Waals surface area contributed by atoms with E-state index in [1.807, 2.05) is 0 Å². The van der Waals surface area contributed by atoms with Gasteiger partial charge in [-0.05, 0) is 0 Å². The van der Waals surface area contributed by atoms with E-state index in [9.17, 15) is 0 Å². The number of hydrogen-bond acceptors (Lipinski definition) is 1. The van der Waals surface area contributed by atoms with Gasteiger partial charge in [0, 0.05) is 0 Å². The van der Waals surface area contributed by atoms with Crippen molar-refractivity contribution in [3.8, 4) is 0 Å². The summed E-state index contributed by atoms with van der Waals surface area (Å²) in [6, 6.07) is 0. The second kappa shape index (κ2) is 590. The van der Waals surface area contributed by atoms with Crippen molar-refractivity contribution in [2.45, 2.75) is 0 Å². The smallest absolute Gasteiger partial charge is 0.870 e. The average molecular weight is 298 g/mol. The van der Waals surface area contributed by atoms with E-state index in [0.717, 1.165) is 0 Å². The average Bonchev–Trinajstić information content (AvgIpc) is 0. The summed E-state index contributed by atoms with van der Waals surface area (Å²) in [5.74, 6) is 0. The van der Waals surface area contributed by atoms with E-state index in [4.69, 9.17) is 0 Å². The van der Waals surface area contributed by atoms with E-state index >= 15 is 0 Å². The fourth-order valence-electron chi connectivity index (χ4n) is 0. The summed E-state index contributed by atoms with van der Waals surface area (Å²) in [7, 11) is 0. The summed E-state index contributed by atoms with van der Waals surface area (Å²) in [6.45, 7) is 0. The zero-order valence-electron chi connectivity index (χ0n) is 5.15. The minimum absolute atomic E-state index is 0. The molecular formula is H17BaO9+. The van der Waals surface area contributed by atoms with Gasteiger partial charge in [-0.2, -0.15) is 0 Å². The Morgan fingerprint density at radius 3 is 0.300 bits per heavy atom. The molecule has 0 fully saturated rings. The van der Waals surface area contributed by atoms with Gasteiger partial charge in [-0.25, -0.2) is 0 Å². The zero-order valence-corrected chi connectivity index (χ0v) is 9.60. The fraction of sp³-hybridized carbons (Fsp3) is 0. The van der Waals surface area contributed by atoms with Crippen molar-refractivity contribution >= 4 is 48.9 Å². The molecule has 0 amide bonds. The molecule has 0 radical (unpaired) electrons. The first-order chi connectivity index (χ1) is 0. The van der Waals surface area contributed by atoms with Gasteiger partial charge in [0.1, 0.15) is 0 Å². The van der Waals surface area contributed by atoms with E-state index in [-0.39, 0.29) is 98.2 Å². The van der Waals surface area contributed by atoms with E-state index in [0.29, 0.717) is 0 Å². The van der Waals surface area contributed by atoms with E-state index in [1.165, 1.54) is 0 Å². The second-order valence-corrected chi connectivity index (χ2v) is 0. The Hall–Kier alpha value is 1.21. The van der Waals surface area contributed by atoms with Gasteiger partial charge >= 0.3 is 48.9 Å². The van der Waals surface area contributed by atoms with Crippen LogP contribution in [0.25, 0.3) is 0 Å². The number of hydrogen-bond donors (Lipinski definition) is 0. The third-order valence-corrected chi connectivity index (χ3v) is 0. The standard InChI is InChI=1S/Ba.9H2O/h;9*1H2/q+2;;;;;;;;;/p-1. The molecule has 0 aromatic heterocycles. The van der Waals surface area contributed by atoms with Crippen LogP contribution >= 0.6 is 0 Å². The molecule has 0 aliphatic heterocycles. The summed E-state index contributed by atoms with van der Waals surface area (Å²) in [5.41, 5.74) is 0. The van der Waals surface area contributed by atoms with Crippen molar-refractivity contribution in [2.75, 3.05) is 0 Å². The molecule has 10 heteroatoms. The van der Waals surface area contributed by atoms with Crippen LogP contribution in [0.4, 0.5) is 0 Å². The van der Waals surface area contributed by atoms with Crippen LogP contribution in [0.15, 0.2) is 0 Å². The van der Waals surface area contributed by atoms with Gasteiger partial charge in [0.05, 0.1) is 0 Å². The van der Waals surface area contributed by atoms with Crippen LogP contribution in [-0.4, -0.2) is 98.2 Å². The topological polar surface area (TPSA) is 282 Å². The van der Waals surface area contributed by atoms with Gasteiger partial charge < -0.3 is 49.3 Å². The molecular weight excluding hydrogens is 281 g/mol. The second-order valence-electron chi connectivity index (χ2n) is 0. The van der Waals surface area contributed by atoms with Gasteiger partial charge in [-0.1, -0.05) is 0 Å². The van der Waals surface area contributed by atoms with Gasteiger partial charge in [-0.3, -0.25) is 0 Å². The molecule has 10 heavy (non-hydrogen) atoms. The van der Waals surface area contributed by atoms with Crippen LogP contribution in [0.2, 0.25) is 0 Å². The van der Waals surface area contributed by atoms with Crippen LogP contribution in [0.3, 0.4) is 0 Å². The molecule has 0 saturated carbocycles. The Morgan fingerprint density at radius 1 is 0.300 bits per heavy atom. The van der Waals surface area contributed by atoms with Crippen LogP contribution < -0.4 is 0 Å². The Balaban J connectivity index is 0. The minimum atomic E-state index is 0. The number of rotatable bonds is 0. The first kappa shape index (κ1) is 797. The maximum absolute atomic E-state index is 0. The first-order valence-corrected chi connectivity index (χ1v) is 0. The molecule has 0 aliphatic rings. The van der Waals surface area contributed by atoms with Crippen LogP contribution in [0, 0.1) is 0 Å². The van der Waals surface area contributed by atoms with Crippen molar-refractivity contribution in [1.29, 1.82) is 0 Å². The predicted molar refractivity (Wildman–Crippen MR) is 36.6 cm³/mol. The van der Waals surface area contributed by atoms with Crippen LogP contribution in [-0.2, 0) is 0 Å². The summed E-state index contributed by atoms with van der Waals surface area (Å²) >= 11 is 0. The van der Waals surface area contributed by atoms with Crippen molar-refractivity contribution in [3.63, 3.8) is 0 Å². The maximum Gasteiger partial charge on any atom is 2.00 e. The molecule has 0 unspecified atom stereocenters. The van der Waals surface area contributed by atoms with Gasteiger partial charge in [0.2, 0.25) is 0 Å². The monoisotopic (exact) mass is 299 g/mol.